The molecule has 5 rings (SSSR count). The Morgan fingerprint density at radius 2 is 2.00 bits per heavy atom. The van der Waals surface area contributed by atoms with Crippen molar-refractivity contribution in [3.63, 3.8) is 0 Å². The van der Waals surface area contributed by atoms with Crippen molar-refractivity contribution < 1.29 is 4.79 Å². The van der Waals surface area contributed by atoms with Crippen LogP contribution in [0.1, 0.15) is 65.3 Å². The van der Waals surface area contributed by atoms with Crippen molar-refractivity contribution in [1.82, 2.24) is 19.9 Å². The van der Waals surface area contributed by atoms with Gasteiger partial charge in [-0.2, -0.15) is 11.3 Å². The van der Waals surface area contributed by atoms with Gasteiger partial charge >= 0.3 is 0 Å². The maximum Gasteiger partial charge on any atom is 0.252 e. The van der Waals surface area contributed by atoms with Crippen molar-refractivity contribution >= 4 is 34.1 Å². The summed E-state index contributed by atoms with van der Waals surface area (Å²) in [6.45, 7) is 6.17. The molecule has 1 aliphatic rings. The van der Waals surface area contributed by atoms with E-state index in [1.807, 2.05) is 35.9 Å². The smallest absolute Gasteiger partial charge is 0.252 e. The summed E-state index contributed by atoms with van der Waals surface area (Å²) in [6.07, 6.45) is 5.38. The molecule has 166 valence electrons. The summed E-state index contributed by atoms with van der Waals surface area (Å²) in [7, 11) is 0. The van der Waals surface area contributed by atoms with Gasteiger partial charge in [-0.05, 0) is 73.7 Å². The number of nitrogen functional groups attached to an aromatic ring is 1. The maximum absolute atomic E-state index is 13.0. The Balaban J connectivity index is 1.47. The minimum Gasteiger partial charge on any atom is -0.383 e. The number of carbonyl (C=O) groups excluding carboxylic acids is 1. The van der Waals surface area contributed by atoms with E-state index < -0.39 is 0 Å². The first-order valence-corrected chi connectivity index (χ1v) is 11.9. The third-order valence-electron chi connectivity index (χ3n) is 6.20. The van der Waals surface area contributed by atoms with Crippen LogP contribution in [-0.4, -0.2) is 20.4 Å². The number of fused-ring (bicyclic) bond motifs is 1. The van der Waals surface area contributed by atoms with Crippen molar-refractivity contribution in [1.29, 1.82) is 0 Å². The van der Waals surface area contributed by atoms with Crippen LogP contribution in [0.15, 0.2) is 47.5 Å². The van der Waals surface area contributed by atoms with E-state index in [4.69, 9.17) is 5.73 Å². The van der Waals surface area contributed by atoms with Gasteiger partial charge < -0.3 is 15.6 Å². The van der Waals surface area contributed by atoms with Crippen LogP contribution in [-0.2, 0) is 5.54 Å². The standard InChI is InChI=1S/C26H25N5OS/c1-16(2)31-13-20(22-23(27)28-15-29-24(22)31)7-6-18-12-19(5-4-17(18)3)25(32)30-26(9-10-26)21-8-11-33-14-21/h4-5,8,11-16H,9-10H2,1-3H3,(H,30,32)(H2,27,28,29). The van der Waals surface area contributed by atoms with Crippen molar-refractivity contribution in [2.24, 2.45) is 0 Å². The zero-order chi connectivity index (χ0) is 23.2. The molecule has 1 saturated carbocycles. The zero-order valence-corrected chi connectivity index (χ0v) is 19.7. The van der Waals surface area contributed by atoms with E-state index in [-0.39, 0.29) is 17.5 Å². The highest BCUT2D eigenvalue weighted by molar-refractivity contribution is 7.08. The normalized spacial score (nSPS) is 14.2. The number of anilines is 1. The number of aryl methyl sites for hydroxylation is 1. The molecule has 0 radical (unpaired) electrons. The lowest BCUT2D eigenvalue weighted by Crippen LogP contribution is -2.34. The quantitative estimate of drug-likeness (QED) is 0.434. The number of hydrogen-bond donors (Lipinski definition) is 2. The number of benzene rings is 1. The van der Waals surface area contributed by atoms with Gasteiger partial charge in [-0.25, -0.2) is 9.97 Å². The van der Waals surface area contributed by atoms with E-state index in [0.717, 1.165) is 40.6 Å². The second kappa shape index (κ2) is 8.05. The molecule has 0 spiro atoms. The minimum atomic E-state index is -0.218. The summed E-state index contributed by atoms with van der Waals surface area (Å²) in [6, 6.07) is 7.97. The molecule has 3 heterocycles. The van der Waals surface area contributed by atoms with E-state index in [1.165, 1.54) is 11.9 Å². The molecule has 4 aromatic rings. The second-order valence-electron chi connectivity index (χ2n) is 8.83. The van der Waals surface area contributed by atoms with E-state index in [1.54, 1.807) is 11.3 Å². The predicted octanol–water partition coefficient (Wildman–Crippen LogP) is 4.78. The van der Waals surface area contributed by atoms with Gasteiger partial charge in [0.15, 0.2) is 0 Å². The van der Waals surface area contributed by atoms with Crippen molar-refractivity contribution in [2.45, 2.75) is 45.2 Å². The number of nitrogens with two attached hydrogens (primary N) is 1. The van der Waals surface area contributed by atoms with Crippen LogP contribution in [0.2, 0.25) is 0 Å². The number of rotatable bonds is 4. The molecule has 1 aromatic carbocycles. The lowest BCUT2D eigenvalue weighted by atomic mass is 10.0. The number of hydrogen-bond acceptors (Lipinski definition) is 5. The highest BCUT2D eigenvalue weighted by atomic mass is 32.1. The Labute approximate surface area is 196 Å². The molecule has 33 heavy (non-hydrogen) atoms. The molecule has 1 amide bonds. The Morgan fingerprint density at radius 1 is 1.21 bits per heavy atom. The summed E-state index contributed by atoms with van der Waals surface area (Å²) in [5, 5.41) is 8.16. The van der Waals surface area contributed by atoms with Crippen LogP contribution < -0.4 is 11.1 Å². The first kappa shape index (κ1) is 21.2. The fourth-order valence-electron chi connectivity index (χ4n) is 4.07. The number of nitrogens with zero attached hydrogens (tertiary/aromatic N) is 3. The molecule has 3 aromatic heterocycles. The van der Waals surface area contributed by atoms with Gasteiger partial charge in [-0.1, -0.05) is 17.9 Å². The van der Waals surface area contributed by atoms with Crippen LogP contribution >= 0.6 is 11.3 Å². The van der Waals surface area contributed by atoms with Gasteiger partial charge in [0.05, 0.1) is 16.5 Å². The Morgan fingerprint density at radius 3 is 2.70 bits per heavy atom. The average Bonchev–Trinajstić information content (AvgIpc) is 3.21. The highest BCUT2D eigenvalue weighted by Crippen LogP contribution is 2.46. The predicted molar refractivity (Wildman–Crippen MR) is 132 cm³/mol. The monoisotopic (exact) mass is 455 g/mol. The summed E-state index contributed by atoms with van der Waals surface area (Å²) < 4.78 is 2.05. The van der Waals surface area contributed by atoms with Gasteiger partial charge in [0.25, 0.3) is 5.91 Å². The third kappa shape index (κ3) is 3.87. The molecule has 0 aliphatic heterocycles. The Hall–Kier alpha value is -3.63. The van der Waals surface area contributed by atoms with Gasteiger partial charge in [-0.3, -0.25) is 4.79 Å². The van der Waals surface area contributed by atoms with E-state index >= 15 is 0 Å². The number of amides is 1. The molecular weight excluding hydrogens is 430 g/mol. The lowest BCUT2D eigenvalue weighted by Gasteiger charge is -2.16. The molecule has 6 nitrogen and oxygen atoms in total. The lowest BCUT2D eigenvalue weighted by molar-refractivity contribution is 0.0931. The van der Waals surface area contributed by atoms with Crippen molar-refractivity contribution in [3.8, 4) is 11.8 Å². The van der Waals surface area contributed by atoms with Crippen molar-refractivity contribution in [2.75, 3.05) is 5.73 Å². The molecule has 0 unspecified atom stereocenters. The summed E-state index contributed by atoms with van der Waals surface area (Å²) in [5.41, 5.74) is 11.1. The molecule has 0 saturated heterocycles. The van der Waals surface area contributed by atoms with Crippen LogP contribution in [0.4, 0.5) is 5.82 Å². The van der Waals surface area contributed by atoms with Crippen LogP contribution in [0.25, 0.3) is 11.0 Å². The fourth-order valence-corrected chi connectivity index (χ4v) is 4.82. The maximum atomic E-state index is 13.0. The molecule has 0 bridgehead atoms. The van der Waals surface area contributed by atoms with Crippen LogP contribution in [0, 0.1) is 18.8 Å². The van der Waals surface area contributed by atoms with Gasteiger partial charge in [-0.15, -0.1) is 0 Å². The van der Waals surface area contributed by atoms with Gasteiger partial charge in [0.2, 0.25) is 0 Å². The molecule has 1 aliphatic carbocycles. The largest absolute Gasteiger partial charge is 0.383 e. The van der Waals surface area contributed by atoms with E-state index in [2.05, 4.69) is 57.8 Å². The average molecular weight is 456 g/mol. The first-order chi connectivity index (χ1) is 15.9. The highest BCUT2D eigenvalue weighted by Gasteiger charge is 2.46. The summed E-state index contributed by atoms with van der Waals surface area (Å²) >= 11 is 1.65. The van der Waals surface area contributed by atoms with Gasteiger partial charge in [0, 0.05) is 23.4 Å². The SMILES string of the molecule is Cc1ccc(C(=O)NC2(c3ccsc3)CC2)cc1C#Cc1cn(C(C)C)c2ncnc(N)c12. The molecule has 3 N–H and O–H groups in total. The van der Waals surface area contributed by atoms with E-state index in [9.17, 15) is 4.79 Å². The first-order valence-electron chi connectivity index (χ1n) is 11.0. The van der Waals surface area contributed by atoms with E-state index in [0.29, 0.717) is 11.4 Å². The topological polar surface area (TPSA) is 85.8 Å². The van der Waals surface area contributed by atoms with Crippen LogP contribution in [0.3, 0.4) is 0 Å². The molecular formula is C26H25N5OS. The zero-order valence-electron chi connectivity index (χ0n) is 18.8. The van der Waals surface area contributed by atoms with Crippen molar-refractivity contribution in [3.05, 3.63) is 75.4 Å². The van der Waals surface area contributed by atoms with Gasteiger partial charge in [0.1, 0.15) is 17.8 Å². The Bertz CT molecular complexity index is 1420. The summed E-state index contributed by atoms with van der Waals surface area (Å²) in [4.78, 5) is 21.6. The number of aromatic nitrogens is 3. The fraction of sp³-hybridized carbons (Fsp3) is 0.269. The number of nitrogens with one attached hydrogen (secondary N) is 1. The molecule has 1 fully saturated rings. The summed E-state index contributed by atoms with van der Waals surface area (Å²) in [5.74, 6) is 6.84. The Kier molecular flexibility index (Phi) is 5.18. The third-order valence-corrected chi connectivity index (χ3v) is 6.89. The second-order valence-corrected chi connectivity index (χ2v) is 9.61. The number of thiophene rings is 1. The number of carbonyl (C=O) groups is 1. The molecule has 0 atom stereocenters. The van der Waals surface area contributed by atoms with Crippen LogP contribution in [0.5, 0.6) is 0 Å². The minimum absolute atomic E-state index is 0.0733. The molecule has 7 heteroatoms.